The molecule has 0 unspecified atom stereocenters. The topological polar surface area (TPSA) is 91.3 Å². The Kier molecular flexibility index (Phi) is 3.12. The van der Waals surface area contributed by atoms with Crippen molar-refractivity contribution in [2.24, 2.45) is 10.7 Å². The van der Waals surface area contributed by atoms with Gasteiger partial charge in [0.1, 0.15) is 17.3 Å². The highest BCUT2D eigenvalue weighted by atomic mass is 19.3. The van der Waals surface area contributed by atoms with Gasteiger partial charge in [-0.3, -0.25) is 0 Å². The molecule has 6 nitrogen and oxygen atoms in total. The molecule has 1 fully saturated rings. The van der Waals surface area contributed by atoms with Crippen LogP contribution < -0.4 is 5.73 Å². The van der Waals surface area contributed by atoms with Crippen molar-refractivity contribution in [3.8, 4) is 0 Å². The summed E-state index contributed by atoms with van der Waals surface area (Å²) in [7, 11) is 0. The van der Waals surface area contributed by atoms with E-state index >= 15 is 0 Å². The standard InChI is InChI=1S/C11H15F2N3O3/c1-6-15-7(14)3-4-16(6)9-11(12,13)8(18)10(2,5-17)19-9/h3-4,8-9,17-18H,1,5H2,2H3,(H2,14,15)/t8-,9-,10-/m1/s1. The molecule has 106 valence electrons. The Morgan fingerprint density at radius 3 is 2.74 bits per heavy atom. The maximum absolute atomic E-state index is 14.1. The normalized spacial score (nSPS) is 37.6. The fourth-order valence-electron chi connectivity index (χ4n) is 2.01. The van der Waals surface area contributed by atoms with Crippen molar-refractivity contribution >= 4 is 5.84 Å². The molecule has 0 saturated carbocycles. The van der Waals surface area contributed by atoms with Gasteiger partial charge in [0.05, 0.1) is 6.61 Å². The van der Waals surface area contributed by atoms with Crippen LogP contribution in [0.3, 0.4) is 0 Å². The molecule has 19 heavy (non-hydrogen) atoms. The predicted octanol–water partition coefficient (Wildman–Crippen LogP) is -0.252. The van der Waals surface area contributed by atoms with Gasteiger partial charge in [0.25, 0.3) is 0 Å². The van der Waals surface area contributed by atoms with E-state index in [1.165, 1.54) is 19.2 Å². The summed E-state index contributed by atoms with van der Waals surface area (Å²) in [5, 5.41) is 18.8. The summed E-state index contributed by atoms with van der Waals surface area (Å²) >= 11 is 0. The van der Waals surface area contributed by atoms with Crippen LogP contribution in [0.2, 0.25) is 0 Å². The number of rotatable bonds is 2. The number of ether oxygens (including phenoxy) is 1. The molecule has 8 heteroatoms. The van der Waals surface area contributed by atoms with Crippen LogP contribution in [0.15, 0.2) is 29.7 Å². The SMILES string of the molecule is C=C1N=C(N)C=CN1[C@@H]1O[C@](C)(CO)[C@@H](O)C1(F)F. The van der Waals surface area contributed by atoms with E-state index in [4.69, 9.17) is 15.6 Å². The number of aliphatic imine (C=N–C) groups is 1. The minimum absolute atomic E-state index is 0.0286. The number of amidine groups is 1. The second kappa shape index (κ2) is 4.26. The molecule has 4 N–H and O–H groups in total. The number of hydrogen-bond donors (Lipinski definition) is 3. The van der Waals surface area contributed by atoms with Crippen LogP contribution >= 0.6 is 0 Å². The molecule has 0 spiro atoms. The molecule has 2 rings (SSSR count). The Bertz CT molecular complexity index is 466. The first-order valence-electron chi connectivity index (χ1n) is 5.56. The lowest BCUT2D eigenvalue weighted by Gasteiger charge is -2.32. The van der Waals surface area contributed by atoms with Crippen molar-refractivity contribution in [1.82, 2.24) is 4.90 Å². The molecule has 0 aliphatic carbocycles. The van der Waals surface area contributed by atoms with Gasteiger partial charge in [-0.25, -0.2) is 4.99 Å². The van der Waals surface area contributed by atoms with Gasteiger partial charge in [0, 0.05) is 6.20 Å². The first kappa shape index (κ1) is 13.9. The summed E-state index contributed by atoms with van der Waals surface area (Å²) in [5.74, 6) is -3.49. The molecule has 0 amide bonds. The highest BCUT2D eigenvalue weighted by Gasteiger charge is 2.65. The van der Waals surface area contributed by atoms with Gasteiger partial charge in [-0.2, -0.15) is 8.78 Å². The first-order chi connectivity index (χ1) is 8.72. The van der Waals surface area contributed by atoms with E-state index in [0.717, 1.165) is 4.90 Å². The monoisotopic (exact) mass is 275 g/mol. The Balaban J connectivity index is 2.32. The maximum Gasteiger partial charge on any atom is 0.320 e. The number of aliphatic hydroxyl groups excluding tert-OH is 2. The summed E-state index contributed by atoms with van der Waals surface area (Å²) in [6.45, 7) is 3.97. The van der Waals surface area contributed by atoms with Crippen LogP contribution in [0.1, 0.15) is 6.92 Å². The number of halogens is 2. The van der Waals surface area contributed by atoms with Crippen molar-refractivity contribution in [3.05, 3.63) is 24.7 Å². The van der Waals surface area contributed by atoms with Crippen molar-refractivity contribution in [2.75, 3.05) is 6.61 Å². The van der Waals surface area contributed by atoms with Crippen molar-refractivity contribution in [2.45, 2.75) is 30.8 Å². The molecule has 2 aliphatic heterocycles. The van der Waals surface area contributed by atoms with E-state index < -0.39 is 30.5 Å². The molecule has 0 aromatic carbocycles. The lowest BCUT2D eigenvalue weighted by Crippen LogP contribution is -2.49. The maximum atomic E-state index is 14.1. The number of aliphatic hydroxyl groups is 2. The number of nitrogens with two attached hydrogens (primary N) is 1. The van der Waals surface area contributed by atoms with Gasteiger partial charge in [-0.05, 0) is 13.0 Å². The van der Waals surface area contributed by atoms with Gasteiger partial charge in [0.15, 0.2) is 6.10 Å². The quantitative estimate of drug-likeness (QED) is 0.646. The third kappa shape index (κ3) is 2.01. The van der Waals surface area contributed by atoms with Crippen molar-refractivity contribution in [3.63, 3.8) is 0 Å². The van der Waals surface area contributed by atoms with E-state index in [0.29, 0.717) is 0 Å². The van der Waals surface area contributed by atoms with Crippen LogP contribution in [0.5, 0.6) is 0 Å². The van der Waals surface area contributed by atoms with Gasteiger partial charge in [0.2, 0.25) is 6.23 Å². The highest BCUT2D eigenvalue weighted by Crippen LogP contribution is 2.44. The van der Waals surface area contributed by atoms with E-state index in [9.17, 15) is 13.9 Å². The predicted molar refractivity (Wildman–Crippen MR) is 63.1 cm³/mol. The molecular formula is C11H15F2N3O3. The van der Waals surface area contributed by atoms with Crippen LogP contribution in [0, 0.1) is 0 Å². The summed E-state index contributed by atoms with van der Waals surface area (Å²) in [6.07, 6.45) is -1.38. The summed E-state index contributed by atoms with van der Waals surface area (Å²) in [4.78, 5) is 4.73. The van der Waals surface area contributed by atoms with Crippen molar-refractivity contribution < 1.29 is 23.7 Å². The second-order valence-electron chi connectivity index (χ2n) is 4.69. The molecule has 0 aromatic heterocycles. The zero-order chi connectivity index (χ0) is 14.4. The molecule has 0 aromatic rings. The van der Waals surface area contributed by atoms with Crippen LogP contribution in [0.25, 0.3) is 0 Å². The fourth-order valence-corrected chi connectivity index (χ4v) is 2.01. The Hall–Kier alpha value is -1.51. The van der Waals surface area contributed by atoms with Crippen molar-refractivity contribution in [1.29, 1.82) is 0 Å². The molecule has 0 bridgehead atoms. The summed E-state index contributed by atoms with van der Waals surface area (Å²) in [5.41, 5.74) is 3.66. The lowest BCUT2D eigenvalue weighted by molar-refractivity contribution is -0.152. The Morgan fingerprint density at radius 1 is 1.63 bits per heavy atom. The largest absolute Gasteiger partial charge is 0.393 e. The average molecular weight is 275 g/mol. The van der Waals surface area contributed by atoms with E-state index in [2.05, 4.69) is 11.6 Å². The van der Waals surface area contributed by atoms with Gasteiger partial charge < -0.3 is 25.6 Å². The summed E-state index contributed by atoms with van der Waals surface area (Å²) < 4.78 is 33.2. The molecular weight excluding hydrogens is 260 g/mol. The first-order valence-corrected chi connectivity index (χ1v) is 5.56. The Labute approximate surface area is 108 Å². The highest BCUT2D eigenvalue weighted by molar-refractivity contribution is 5.92. The number of alkyl halides is 2. The van der Waals surface area contributed by atoms with Crippen LogP contribution in [0.4, 0.5) is 8.78 Å². The van der Waals surface area contributed by atoms with Gasteiger partial charge in [-0.15, -0.1) is 0 Å². The molecule has 1 saturated heterocycles. The minimum atomic E-state index is -3.59. The Morgan fingerprint density at radius 2 is 2.26 bits per heavy atom. The van der Waals surface area contributed by atoms with Crippen LogP contribution in [-0.4, -0.2) is 51.4 Å². The van der Waals surface area contributed by atoms with E-state index in [-0.39, 0.29) is 11.7 Å². The molecule has 0 radical (unpaired) electrons. The minimum Gasteiger partial charge on any atom is -0.393 e. The molecule has 2 aliphatic rings. The van der Waals surface area contributed by atoms with Crippen LogP contribution in [-0.2, 0) is 4.74 Å². The fraction of sp³-hybridized carbons (Fsp3) is 0.545. The molecule has 2 heterocycles. The number of hydrogen-bond acceptors (Lipinski definition) is 6. The van der Waals surface area contributed by atoms with E-state index in [1.54, 1.807) is 0 Å². The summed E-state index contributed by atoms with van der Waals surface area (Å²) in [6, 6.07) is 0. The zero-order valence-corrected chi connectivity index (χ0v) is 10.3. The smallest absolute Gasteiger partial charge is 0.320 e. The molecule has 3 atom stereocenters. The third-order valence-corrected chi connectivity index (χ3v) is 3.18. The van der Waals surface area contributed by atoms with E-state index in [1.807, 2.05) is 0 Å². The number of nitrogens with zero attached hydrogens (tertiary/aromatic N) is 2. The second-order valence-corrected chi connectivity index (χ2v) is 4.69. The van der Waals surface area contributed by atoms with Gasteiger partial charge >= 0.3 is 5.92 Å². The average Bonchev–Trinajstić information content (AvgIpc) is 2.51. The lowest BCUT2D eigenvalue weighted by atomic mass is 9.98. The third-order valence-electron chi connectivity index (χ3n) is 3.18. The van der Waals surface area contributed by atoms with Gasteiger partial charge in [-0.1, -0.05) is 6.58 Å². The zero-order valence-electron chi connectivity index (χ0n) is 10.3.